The van der Waals surface area contributed by atoms with E-state index in [0.29, 0.717) is 30.3 Å². The highest BCUT2D eigenvalue weighted by molar-refractivity contribution is 6.30. The van der Waals surface area contributed by atoms with Crippen LogP contribution < -0.4 is 15.8 Å². The molecule has 3 fully saturated rings. The highest BCUT2D eigenvalue weighted by Gasteiger charge is 2.48. The molecule has 4 unspecified atom stereocenters. The number of carbonyl (C=O) groups is 2. The highest BCUT2D eigenvalue weighted by Crippen LogP contribution is 2.33. The molecular formula is C28H30ClN7O6. The Kier molecular flexibility index (Phi) is 7.87. The van der Waals surface area contributed by atoms with Crippen LogP contribution in [-0.4, -0.2) is 84.1 Å². The number of imidazole rings is 1. The summed E-state index contributed by atoms with van der Waals surface area (Å²) in [5, 5.41) is 24.5. The standard InChI is InChI=1S/C28H30ClN7O6/c29-16-4-8-18(9-5-16)41-28(40)35-12-10-15(11-13-35)2-1-3-19-33-24(30)20-25(34-19)36(14-31-20)27-22(38)21(37)23(42-27)26(39)32-17-6-7-17/h4-5,8-9,14-15,17,21-23,27,37-38H,2,6-7,10-13H2,(H,32,39)(H2,30,33,34). The van der Waals surface area contributed by atoms with Crippen molar-refractivity contribution >= 4 is 40.6 Å². The van der Waals surface area contributed by atoms with Crippen LogP contribution in [0.15, 0.2) is 30.6 Å². The van der Waals surface area contributed by atoms with Gasteiger partial charge in [-0.15, -0.1) is 0 Å². The van der Waals surface area contributed by atoms with Gasteiger partial charge in [-0.1, -0.05) is 17.5 Å². The second kappa shape index (κ2) is 11.7. The van der Waals surface area contributed by atoms with Gasteiger partial charge in [-0.2, -0.15) is 0 Å². The first-order chi connectivity index (χ1) is 20.3. The molecule has 5 N–H and O–H groups in total. The fourth-order valence-electron chi connectivity index (χ4n) is 5.06. The van der Waals surface area contributed by atoms with Crippen LogP contribution in [0.3, 0.4) is 0 Å². The topological polar surface area (TPSA) is 178 Å². The summed E-state index contributed by atoms with van der Waals surface area (Å²) in [7, 11) is 0. The molecule has 2 saturated heterocycles. The van der Waals surface area contributed by atoms with E-state index in [-0.39, 0.29) is 34.8 Å². The van der Waals surface area contributed by atoms with Crippen molar-refractivity contribution in [3.8, 4) is 17.6 Å². The summed E-state index contributed by atoms with van der Waals surface area (Å²) in [6.07, 6.45) is -0.282. The number of halogens is 1. The number of nitrogens with zero attached hydrogens (tertiary/aromatic N) is 5. The van der Waals surface area contributed by atoms with E-state index in [1.165, 1.54) is 10.9 Å². The van der Waals surface area contributed by atoms with Gasteiger partial charge in [0.1, 0.15) is 23.5 Å². The quantitative estimate of drug-likeness (QED) is 0.317. The van der Waals surface area contributed by atoms with Gasteiger partial charge in [0, 0.05) is 30.6 Å². The van der Waals surface area contributed by atoms with Crippen LogP contribution in [0.4, 0.5) is 10.6 Å². The van der Waals surface area contributed by atoms with E-state index in [1.807, 2.05) is 0 Å². The summed E-state index contributed by atoms with van der Waals surface area (Å²) in [5.74, 6) is 6.59. The molecule has 42 heavy (non-hydrogen) atoms. The molecule has 220 valence electrons. The van der Waals surface area contributed by atoms with Crippen LogP contribution >= 0.6 is 11.6 Å². The summed E-state index contributed by atoms with van der Waals surface area (Å²) < 4.78 is 12.6. The number of nitrogens with two attached hydrogens (primary N) is 1. The third-order valence-corrected chi connectivity index (χ3v) is 7.88. The van der Waals surface area contributed by atoms with Crippen LogP contribution in [-0.2, 0) is 9.53 Å². The van der Waals surface area contributed by atoms with Gasteiger partial charge < -0.3 is 35.6 Å². The van der Waals surface area contributed by atoms with Crippen LogP contribution in [0, 0.1) is 17.8 Å². The second-order valence-electron chi connectivity index (χ2n) is 10.7. The summed E-state index contributed by atoms with van der Waals surface area (Å²) in [6, 6.07) is 6.72. The number of nitrogen functional groups attached to an aromatic ring is 1. The lowest BCUT2D eigenvalue weighted by atomic mass is 9.94. The summed E-state index contributed by atoms with van der Waals surface area (Å²) in [6.45, 7) is 1.12. The van der Waals surface area contributed by atoms with E-state index < -0.39 is 36.5 Å². The minimum atomic E-state index is -1.42. The molecule has 14 heteroatoms. The van der Waals surface area contributed by atoms with Gasteiger partial charge in [-0.3, -0.25) is 9.36 Å². The maximum atomic E-state index is 12.5. The first-order valence-corrected chi connectivity index (χ1v) is 14.2. The molecule has 3 aliphatic rings. The fraction of sp³-hybridized carbons (Fsp3) is 0.464. The van der Waals surface area contributed by atoms with Gasteiger partial charge in [0.15, 0.2) is 23.8 Å². The van der Waals surface area contributed by atoms with Gasteiger partial charge in [0.05, 0.1) is 6.33 Å². The smallest absolute Gasteiger partial charge is 0.410 e. The monoisotopic (exact) mass is 595 g/mol. The van der Waals surface area contributed by atoms with Crippen molar-refractivity contribution in [1.29, 1.82) is 0 Å². The molecule has 0 radical (unpaired) electrons. The molecule has 4 heterocycles. The zero-order valence-electron chi connectivity index (χ0n) is 22.5. The molecule has 6 rings (SSSR count). The first kappa shape index (κ1) is 28.2. The van der Waals surface area contributed by atoms with E-state index in [9.17, 15) is 19.8 Å². The Labute approximate surface area is 246 Å². The van der Waals surface area contributed by atoms with Crippen molar-refractivity contribution in [2.24, 2.45) is 5.92 Å². The lowest BCUT2D eigenvalue weighted by molar-refractivity contribution is -0.137. The lowest BCUT2D eigenvalue weighted by Crippen LogP contribution is -2.43. The molecule has 1 aromatic carbocycles. The highest BCUT2D eigenvalue weighted by atomic mass is 35.5. The van der Waals surface area contributed by atoms with Crippen molar-refractivity contribution in [2.75, 3.05) is 18.8 Å². The normalized spacial score (nSPS) is 24.3. The molecule has 1 aliphatic carbocycles. The fourth-order valence-corrected chi connectivity index (χ4v) is 5.19. The third-order valence-electron chi connectivity index (χ3n) is 7.63. The molecule has 2 aromatic heterocycles. The average Bonchev–Trinajstić information content (AvgIpc) is 3.61. The van der Waals surface area contributed by atoms with Crippen LogP contribution in [0.5, 0.6) is 5.75 Å². The molecule has 3 aromatic rings. The third kappa shape index (κ3) is 5.98. The van der Waals surface area contributed by atoms with E-state index in [2.05, 4.69) is 32.1 Å². The Morgan fingerprint density at radius 1 is 1.12 bits per heavy atom. The first-order valence-electron chi connectivity index (χ1n) is 13.8. The van der Waals surface area contributed by atoms with Crippen LogP contribution in [0.2, 0.25) is 5.02 Å². The molecule has 4 atom stereocenters. The number of aliphatic hydroxyl groups excluding tert-OH is 2. The molecule has 0 bridgehead atoms. The Bertz CT molecular complexity index is 1540. The lowest BCUT2D eigenvalue weighted by Gasteiger charge is -2.30. The van der Waals surface area contributed by atoms with E-state index >= 15 is 0 Å². The van der Waals surface area contributed by atoms with Gasteiger partial charge >= 0.3 is 6.09 Å². The summed E-state index contributed by atoms with van der Waals surface area (Å²) in [4.78, 5) is 39.6. The molecule has 13 nitrogen and oxygen atoms in total. The van der Waals surface area contributed by atoms with Crippen LogP contribution in [0.1, 0.15) is 44.2 Å². The number of hydrogen-bond donors (Lipinski definition) is 4. The number of likely N-dealkylation sites (tertiary alicyclic amines) is 1. The zero-order valence-corrected chi connectivity index (χ0v) is 23.3. The largest absolute Gasteiger partial charge is 0.415 e. The van der Waals surface area contributed by atoms with E-state index in [4.69, 9.17) is 26.8 Å². The number of hydrogen-bond acceptors (Lipinski definition) is 10. The maximum Gasteiger partial charge on any atom is 0.415 e. The number of piperidine rings is 1. The van der Waals surface area contributed by atoms with E-state index in [1.54, 1.807) is 29.2 Å². The second-order valence-corrected chi connectivity index (χ2v) is 11.2. The number of nitrogens with one attached hydrogen (secondary N) is 1. The van der Waals surface area contributed by atoms with Crippen molar-refractivity contribution in [3.63, 3.8) is 0 Å². The maximum absolute atomic E-state index is 12.5. The van der Waals surface area contributed by atoms with Crippen LogP contribution in [0.25, 0.3) is 11.2 Å². The molecule has 2 aliphatic heterocycles. The van der Waals surface area contributed by atoms with Crippen molar-refractivity contribution < 1.29 is 29.3 Å². The Morgan fingerprint density at radius 3 is 2.57 bits per heavy atom. The Balaban J connectivity index is 1.08. The Hall–Kier alpha value is -3.96. The Morgan fingerprint density at radius 2 is 1.86 bits per heavy atom. The van der Waals surface area contributed by atoms with Crippen molar-refractivity contribution in [1.82, 2.24) is 29.7 Å². The number of fused-ring (bicyclic) bond motifs is 1. The number of benzene rings is 1. The molecule has 2 amide bonds. The van der Waals surface area contributed by atoms with E-state index in [0.717, 1.165) is 25.7 Å². The van der Waals surface area contributed by atoms with Crippen molar-refractivity contribution in [2.45, 2.75) is 62.7 Å². The molecular weight excluding hydrogens is 566 g/mol. The zero-order chi connectivity index (χ0) is 29.4. The average molecular weight is 596 g/mol. The summed E-state index contributed by atoms with van der Waals surface area (Å²) in [5.41, 5.74) is 6.67. The number of aliphatic hydroxyl groups is 2. The predicted molar refractivity (Wildman–Crippen MR) is 150 cm³/mol. The van der Waals surface area contributed by atoms with Gasteiger partial charge in [-0.05, 0) is 61.8 Å². The van der Waals surface area contributed by atoms with Crippen molar-refractivity contribution in [3.05, 3.63) is 41.4 Å². The molecule has 0 spiro atoms. The minimum absolute atomic E-state index is 0.0800. The number of aromatic nitrogens is 4. The number of amides is 2. The molecule has 1 saturated carbocycles. The number of anilines is 1. The minimum Gasteiger partial charge on any atom is -0.410 e. The number of ether oxygens (including phenoxy) is 2. The SMILES string of the molecule is Nc1nc(C#CCC2CCN(C(=O)Oc3ccc(Cl)cc3)CC2)nc2c1ncn2C1OC(C(=O)NC2CC2)C(O)C1O. The number of rotatable bonds is 5. The van der Waals surface area contributed by atoms with Gasteiger partial charge in [0.2, 0.25) is 5.82 Å². The summed E-state index contributed by atoms with van der Waals surface area (Å²) >= 11 is 5.88. The van der Waals surface area contributed by atoms with Gasteiger partial charge in [-0.25, -0.2) is 19.7 Å². The number of carbonyl (C=O) groups excluding carboxylic acids is 2. The van der Waals surface area contributed by atoms with Gasteiger partial charge in [0.25, 0.3) is 5.91 Å². The predicted octanol–water partition coefficient (Wildman–Crippen LogP) is 1.61.